The Kier molecular flexibility index (Phi) is 5.14. The number of hydrogen-bond acceptors (Lipinski definition) is 3. The van der Waals surface area contributed by atoms with E-state index in [0.717, 1.165) is 37.8 Å². The Morgan fingerprint density at radius 1 is 1.00 bits per heavy atom. The minimum atomic E-state index is -0.0449. The van der Waals surface area contributed by atoms with Gasteiger partial charge in [0, 0.05) is 22.1 Å². The molecule has 0 fully saturated rings. The van der Waals surface area contributed by atoms with Crippen LogP contribution in [0.25, 0.3) is 33.0 Å². The Balaban J connectivity index is 1.87. The highest BCUT2D eigenvalue weighted by atomic mass is 79.9. The van der Waals surface area contributed by atoms with Crippen LogP contribution in [-0.4, -0.2) is 4.57 Å². The van der Waals surface area contributed by atoms with Crippen molar-refractivity contribution in [3.8, 4) is 11.1 Å². The van der Waals surface area contributed by atoms with E-state index < -0.39 is 0 Å². The molecule has 1 N–H and O–H groups in total. The van der Waals surface area contributed by atoms with Crippen molar-refractivity contribution in [3.63, 3.8) is 0 Å². The van der Waals surface area contributed by atoms with Crippen LogP contribution in [0.3, 0.4) is 0 Å². The molecule has 2 aromatic heterocycles. The van der Waals surface area contributed by atoms with Gasteiger partial charge in [-0.05, 0) is 62.2 Å². The number of nitrogens with zero attached hydrogens (tertiary/aromatic N) is 1. The Morgan fingerprint density at radius 2 is 1.75 bits per heavy atom. The second-order valence-corrected chi connectivity index (χ2v) is 8.94. The van der Waals surface area contributed by atoms with Crippen molar-refractivity contribution in [2.24, 2.45) is 0 Å². The maximum atomic E-state index is 13.7. The summed E-state index contributed by atoms with van der Waals surface area (Å²) in [5, 5.41) is 5.00. The summed E-state index contributed by atoms with van der Waals surface area (Å²) in [6.45, 7) is 6.72. The van der Waals surface area contributed by atoms with Gasteiger partial charge in [0.2, 0.25) is 5.88 Å². The Bertz CT molecular complexity index is 1530. The number of nitrogens with one attached hydrogen (secondary N) is 1. The van der Waals surface area contributed by atoms with E-state index >= 15 is 0 Å². The number of rotatable bonds is 4. The molecule has 4 nitrogen and oxygen atoms in total. The van der Waals surface area contributed by atoms with Gasteiger partial charge in [0.05, 0.1) is 16.5 Å². The molecule has 0 unspecified atom stereocenters. The molecule has 0 saturated heterocycles. The average Bonchev–Trinajstić information content (AvgIpc) is 3.16. The van der Waals surface area contributed by atoms with Crippen molar-refractivity contribution in [2.45, 2.75) is 27.3 Å². The summed E-state index contributed by atoms with van der Waals surface area (Å²) in [6.07, 6.45) is 0. The van der Waals surface area contributed by atoms with Crippen LogP contribution in [0.2, 0.25) is 0 Å². The van der Waals surface area contributed by atoms with Crippen molar-refractivity contribution < 1.29 is 4.42 Å². The largest absolute Gasteiger partial charge is 0.439 e. The minimum Gasteiger partial charge on any atom is -0.439 e. The fraction of sp³-hybridized carbons (Fsp3) is 0.148. The Labute approximate surface area is 194 Å². The first-order chi connectivity index (χ1) is 15.5. The van der Waals surface area contributed by atoms with E-state index in [1.807, 2.05) is 66.1 Å². The predicted molar refractivity (Wildman–Crippen MR) is 136 cm³/mol. The lowest BCUT2D eigenvalue weighted by Crippen LogP contribution is -2.19. The zero-order valence-electron chi connectivity index (χ0n) is 18.2. The first-order valence-corrected chi connectivity index (χ1v) is 11.5. The molecule has 3 aromatic carbocycles. The fourth-order valence-electron chi connectivity index (χ4n) is 4.34. The number of anilines is 2. The molecule has 0 saturated carbocycles. The van der Waals surface area contributed by atoms with Gasteiger partial charge in [-0.15, -0.1) is 0 Å². The topological polar surface area (TPSA) is 47.2 Å². The minimum absolute atomic E-state index is 0.0449. The Morgan fingerprint density at radius 3 is 2.47 bits per heavy atom. The number of furan rings is 1. The molecule has 0 spiro atoms. The van der Waals surface area contributed by atoms with E-state index in [-0.39, 0.29) is 5.56 Å². The molecule has 0 atom stereocenters. The molecule has 5 aromatic rings. The number of aryl methyl sites for hydroxylation is 3. The van der Waals surface area contributed by atoms with Crippen LogP contribution in [0.1, 0.15) is 18.1 Å². The number of halogens is 1. The molecule has 32 heavy (non-hydrogen) atoms. The van der Waals surface area contributed by atoms with Gasteiger partial charge in [-0.25, -0.2) is 0 Å². The van der Waals surface area contributed by atoms with E-state index in [2.05, 4.69) is 47.2 Å². The van der Waals surface area contributed by atoms with E-state index in [0.29, 0.717) is 23.4 Å². The number of benzene rings is 3. The van der Waals surface area contributed by atoms with Gasteiger partial charge >= 0.3 is 0 Å². The van der Waals surface area contributed by atoms with E-state index in [4.69, 9.17) is 4.42 Å². The quantitative estimate of drug-likeness (QED) is 0.285. The number of para-hydroxylation sites is 1. The summed E-state index contributed by atoms with van der Waals surface area (Å²) in [7, 11) is 0. The average molecular weight is 487 g/mol. The molecule has 0 radical (unpaired) electrons. The van der Waals surface area contributed by atoms with Crippen LogP contribution < -0.4 is 10.9 Å². The normalized spacial score (nSPS) is 11.4. The zero-order valence-corrected chi connectivity index (χ0v) is 19.8. The molecule has 0 aliphatic heterocycles. The third-order valence-electron chi connectivity index (χ3n) is 5.89. The van der Waals surface area contributed by atoms with Crippen molar-refractivity contribution in [3.05, 3.63) is 92.7 Å². The number of pyridine rings is 1. The van der Waals surface area contributed by atoms with Crippen LogP contribution in [0.15, 0.2) is 80.4 Å². The second-order valence-electron chi connectivity index (χ2n) is 8.03. The molecule has 0 bridgehead atoms. The first kappa shape index (κ1) is 20.6. The van der Waals surface area contributed by atoms with Gasteiger partial charge in [-0.1, -0.05) is 57.9 Å². The van der Waals surface area contributed by atoms with Gasteiger partial charge in [-0.2, -0.15) is 0 Å². The summed E-state index contributed by atoms with van der Waals surface area (Å²) in [6, 6.07) is 22.1. The van der Waals surface area contributed by atoms with E-state index in [1.54, 1.807) is 0 Å². The summed E-state index contributed by atoms with van der Waals surface area (Å²) in [4.78, 5) is 13.7. The highest BCUT2D eigenvalue weighted by molar-refractivity contribution is 9.10. The monoisotopic (exact) mass is 486 g/mol. The van der Waals surface area contributed by atoms with Crippen molar-refractivity contribution in [1.29, 1.82) is 0 Å². The Hall–Kier alpha value is -3.31. The highest BCUT2D eigenvalue weighted by Gasteiger charge is 2.23. The fourth-order valence-corrected chi connectivity index (χ4v) is 4.60. The zero-order chi connectivity index (χ0) is 22.4. The van der Waals surface area contributed by atoms with Crippen LogP contribution >= 0.6 is 15.9 Å². The van der Waals surface area contributed by atoms with Gasteiger partial charge in [0.15, 0.2) is 5.58 Å². The molecule has 0 amide bonds. The van der Waals surface area contributed by atoms with Gasteiger partial charge in [0.25, 0.3) is 5.56 Å². The molecule has 0 aliphatic rings. The van der Waals surface area contributed by atoms with Gasteiger partial charge in [0.1, 0.15) is 0 Å². The third-order valence-corrected chi connectivity index (χ3v) is 6.41. The highest BCUT2D eigenvalue weighted by Crippen LogP contribution is 2.41. The molecule has 5 heteroatoms. The number of aromatic nitrogens is 1. The summed E-state index contributed by atoms with van der Waals surface area (Å²) in [5.41, 5.74) is 6.41. The second kappa shape index (κ2) is 7.99. The first-order valence-electron chi connectivity index (χ1n) is 10.7. The molecule has 2 heterocycles. The number of fused-ring (bicyclic) bond motifs is 3. The molecular weight excluding hydrogens is 464 g/mol. The standard InChI is InChI=1S/C27H23BrN2O2/c1-4-30-22-8-6-5-7-20(22)25-24(27(30)31)23(18-10-12-19(28)13-11-18)26(32-25)29-21-14-9-16(2)15-17(21)3/h5-15,29H,4H2,1-3H3. The maximum Gasteiger partial charge on any atom is 0.262 e. The number of hydrogen-bond donors (Lipinski definition) is 1. The maximum absolute atomic E-state index is 13.7. The third kappa shape index (κ3) is 3.33. The lowest BCUT2D eigenvalue weighted by atomic mass is 10.0. The van der Waals surface area contributed by atoms with Gasteiger partial charge < -0.3 is 14.3 Å². The predicted octanol–water partition coefficient (Wildman–Crippen LogP) is 7.56. The molecule has 0 aliphatic carbocycles. The lowest BCUT2D eigenvalue weighted by molar-refractivity contribution is 0.637. The van der Waals surface area contributed by atoms with Crippen LogP contribution in [0, 0.1) is 13.8 Å². The van der Waals surface area contributed by atoms with Crippen molar-refractivity contribution in [1.82, 2.24) is 4.57 Å². The molecular formula is C27H23BrN2O2. The van der Waals surface area contributed by atoms with E-state index in [1.165, 1.54) is 5.56 Å². The van der Waals surface area contributed by atoms with E-state index in [9.17, 15) is 4.79 Å². The van der Waals surface area contributed by atoms with Crippen LogP contribution in [0.4, 0.5) is 11.6 Å². The SMILES string of the molecule is CCn1c(=O)c2c(-c3ccc(Br)cc3)c(Nc3ccc(C)cc3C)oc2c2ccccc21. The summed E-state index contributed by atoms with van der Waals surface area (Å²) < 4.78 is 9.23. The lowest BCUT2D eigenvalue weighted by Gasteiger charge is -2.10. The van der Waals surface area contributed by atoms with Gasteiger partial charge in [-0.3, -0.25) is 4.79 Å². The van der Waals surface area contributed by atoms with Crippen LogP contribution in [-0.2, 0) is 6.54 Å². The summed E-state index contributed by atoms with van der Waals surface area (Å²) >= 11 is 3.51. The summed E-state index contributed by atoms with van der Waals surface area (Å²) in [5.74, 6) is 0.574. The smallest absolute Gasteiger partial charge is 0.262 e. The van der Waals surface area contributed by atoms with Crippen LogP contribution in [0.5, 0.6) is 0 Å². The molecule has 160 valence electrons. The molecule has 5 rings (SSSR count). The van der Waals surface area contributed by atoms with Crippen molar-refractivity contribution >= 4 is 49.4 Å². The van der Waals surface area contributed by atoms with Crippen molar-refractivity contribution in [2.75, 3.05) is 5.32 Å².